The van der Waals surface area contributed by atoms with Gasteiger partial charge < -0.3 is 9.67 Å². The number of rotatable bonds is 5. The van der Waals surface area contributed by atoms with E-state index in [0.717, 1.165) is 0 Å². The van der Waals surface area contributed by atoms with E-state index in [-0.39, 0.29) is 28.3 Å². The number of carboxylic acids is 1. The second-order valence-electron chi connectivity index (χ2n) is 5.99. The predicted octanol–water partition coefficient (Wildman–Crippen LogP) is 3.21. The second-order valence-corrected chi connectivity index (χ2v) is 6.80. The molecular weight excluding hydrogens is 405 g/mol. The number of halogens is 2. The summed E-state index contributed by atoms with van der Waals surface area (Å²) in [5, 5.41) is 16.2. The molecule has 0 saturated heterocycles. The normalized spacial score (nSPS) is 10.8. The van der Waals surface area contributed by atoms with Crippen molar-refractivity contribution < 1.29 is 9.90 Å². The van der Waals surface area contributed by atoms with Gasteiger partial charge in [0.2, 0.25) is 0 Å². The number of H-pyrrole nitrogens is 1. The molecule has 3 aromatic rings. The SMILES string of the molecule is CCn1c(Cc2ccn[nH]c2=O)cc(=O)c(C(=O)O)c1-c1ccc(Cl)c(Cl)c1. The molecule has 2 heterocycles. The summed E-state index contributed by atoms with van der Waals surface area (Å²) in [6.07, 6.45) is 1.58. The molecule has 3 rings (SSSR count). The van der Waals surface area contributed by atoms with Gasteiger partial charge in [-0.05, 0) is 25.1 Å². The Balaban J connectivity index is 2.32. The van der Waals surface area contributed by atoms with Crippen LogP contribution in [0.5, 0.6) is 0 Å². The van der Waals surface area contributed by atoms with Crippen LogP contribution in [0.25, 0.3) is 11.3 Å². The summed E-state index contributed by atoms with van der Waals surface area (Å²) in [6.45, 7) is 2.19. The Kier molecular flexibility index (Phi) is 5.67. The van der Waals surface area contributed by atoms with Crippen molar-refractivity contribution in [1.82, 2.24) is 14.8 Å². The molecule has 9 heteroatoms. The van der Waals surface area contributed by atoms with Crippen molar-refractivity contribution in [3.8, 4) is 11.3 Å². The molecule has 144 valence electrons. The van der Waals surface area contributed by atoms with Gasteiger partial charge in [0.1, 0.15) is 5.56 Å². The van der Waals surface area contributed by atoms with Crippen molar-refractivity contribution in [1.29, 1.82) is 0 Å². The van der Waals surface area contributed by atoms with Gasteiger partial charge in [-0.1, -0.05) is 29.3 Å². The predicted molar refractivity (Wildman–Crippen MR) is 106 cm³/mol. The van der Waals surface area contributed by atoms with Crippen LogP contribution < -0.4 is 11.0 Å². The number of nitrogens with zero attached hydrogens (tertiary/aromatic N) is 2. The Labute approximate surface area is 169 Å². The molecule has 0 aliphatic heterocycles. The number of aromatic carboxylic acids is 1. The molecule has 0 aliphatic carbocycles. The minimum Gasteiger partial charge on any atom is -0.477 e. The van der Waals surface area contributed by atoms with Crippen LogP contribution in [0.1, 0.15) is 28.5 Å². The van der Waals surface area contributed by atoms with Gasteiger partial charge in [-0.3, -0.25) is 9.59 Å². The summed E-state index contributed by atoms with van der Waals surface area (Å²) in [5.74, 6) is -1.35. The standard InChI is InChI=1S/C19H15Cl2N3O4/c1-2-24-12(7-11-5-6-22-23-18(11)26)9-15(25)16(19(27)28)17(24)10-3-4-13(20)14(21)8-10/h3-6,8-9H,2,7H2,1H3,(H,23,26)(H,27,28). The van der Waals surface area contributed by atoms with Crippen molar-refractivity contribution in [2.24, 2.45) is 0 Å². The van der Waals surface area contributed by atoms with E-state index < -0.39 is 11.4 Å². The van der Waals surface area contributed by atoms with Crippen LogP contribution in [0.15, 0.2) is 46.1 Å². The first kappa shape index (κ1) is 19.9. The molecule has 2 N–H and O–H groups in total. The van der Waals surface area contributed by atoms with Gasteiger partial charge in [0.05, 0.1) is 15.7 Å². The summed E-state index contributed by atoms with van der Waals surface area (Å²) in [5.41, 5.74) is 0.148. The number of aromatic amines is 1. The zero-order chi connectivity index (χ0) is 20.4. The lowest BCUT2D eigenvalue weighted by atomic mass is 10.0. The Hall–Kier alpha value is -2.90. The molecule has 0 atom stereocenters. The molecule has 0 radical (unpaired) electrons. The lowest BCUT2D eigenvalue weighted by Gasteiger charge is -2.20. The first-order chi connectivity index (χ1) is 13.3. The van der Waals surface area contributed by atoms with Crippen molar-refractivity contribution in [2.45, 2.75) is 19.9 Å². The minimum absolute atomic E-state index is 0.134. The molecule has 0 bridgehead atoms. The van der Waals surface area contributed by atoms with Crippen LogP contribution in [0.2, 0.25) is 10.0 Å². The van der Waals surface area contributed by atoms with E-state index in [4.69, 9.17) is 23.2 Å². The topological polar surface area (TPSA) is 105 Å². The maximum Gasteiger partial charge on any atom is 0.341 e. The number of carboxylic acid groups (broad SMARTS) is 1. The highest BCUT2D eigenvalue weighted by atomic mass is 35.5. The number of hydrogen-bond acceptors (Lipinski definition) is 4. The molecular formula is C19H15Cl2N3O4. The maximum absolute atomic E-state index is 12.6. The summed E-state index contributed by atoms with van der Waals surface area (Å²) < 4.78 is 1.68. The molecule has 0 unspecified atom stereocenters. The average Bonchev–Trinajstić information content (AvgIpc) is 2.65. The molecule has 0 fully saturated rings. The molecule has 28 heavy (non-hydrogen) atoms. The lowest BCUT2D eigenvalue weighted by Crippen LogP contribution is -2.24. The Morgan fingerprint density at radius 2 is 1.93 bits per heavy atom. The van der Waals surface area contributed by atoms with E-state index >= 15 is 0 Å². The zero-order valence-corrected chi connectivity index (χ0v) is 16.2. The number of aromatic nitrogens is 3. The molecule has 0 saturated carbocycles. The van der Waals surface area contributed by atoms with E-state index in [9.17, 15) is 19.5 Å². The van der Waals surface area contributed by atoms with Crippen molar-refractivity contribution in [2.75, 3.05) is 0 Å². The van der Waals surface area contributed by atoms with Crippen LogP contribution in [0, 0.1) is 0 Å². The fraction of sp³-hybridized carbons (Fsp3) is 0.158. The average molecular weight is 420 g/mol. The highest BCUT2D eigenvalue weighted by Gasteiger charge is 2.22. The van der Waals surface area contributed by atoms with Gasteiger partial charge in [-0.2, -0.15) is 5.10 Å². The fourth-order valence-electron chi connectivity index (χ4n) is 3.06. The number of carbonyl (C=O) groups is 1. The van der Waals surface area contributed by atoms with Gasteiger partial charge in [0, 0.05) is 42.0 Å². The van der Waals surface area contributed by atoms with Crippen LogP contribution >= 0.6 is 23.2 Å². The first-order valence-corrected chi connectivity index (χ1v) is 9.07. The van der Waals surface area contributed by atoms with E-state index in [1.807, 2.05) is 6.92 Å². The van der Waals surface area contributed by atoms with E-state index in [1.165, 1.54) is 24.4 Å². The summed E-state index contributed by atoms with van der Waals surface area (Å²) in [4.78, 5) is 36.4. The lowest BCUT2D eigenvalue weighted by molar-refractivity contribution is 0.0695. The highest BCUT2D eigenvalue weighted by molar-refractivity contribution is 6.42. The molecule has 0 aliphatic rings. The number of benzene rings is 1. The Morgan fingerprint density at radius 3 is 2.54 bits per heavy atom. The third kappa shape index (κ3) is 3.72. The smallest absolute Gasteiger partial charge is 0.341 e. The van der Waals surface area contributed by atoms with Crippen molar-refractivity contribution >= 4 is 29.2 Å². The van der Waals surface area contributed by atoms with Gasteiger partial charge in [0.25, 0.3) is 5.56 Å². The van der Waals surface area contributed by atoms with Gasteiger partial charge in [-0.25, -0.2) is 9.89 Å². The van der Waals surface area contributed by atoms with Gasteiger partial charge in [0.15, 0.2) is 5.43 Å². The third-order valence-electron chi connectivity index (χ3n) is 4.30. The highest BCUT2D eigenvalue weighted by Crippen LogP contribution is 2.30. The number of nitrogens with one attached hydrogen (secondary N) is 1. The molecule has 0 spiro atoms. The van der Waals surface area contributed by atoms with Crippen LogP contribution in [-0.2, 0) is 13.0 Å². The van der Waals surface area contributed by atoms with Crippen LogP contribution in [0.3, 0.4) is 0 Å². The summed E-state index contributed by atoms with van der Waals surface area (Å²) in [7, 11) is 0. The van der Waals surface area contributed by atoms with Gasteiger partial charge in [-0.15, -0.1) is 0 Å². The Morgan fingerprint density at radius 1 is 1.18 bits per heavy atom. The van der Waals surface area contributed by atoms with Crippen molar-refractivity contribution in [3.63, 3.8) is 0 Å². The fourth-order valence-corrected chi connectivity index (χ4v) is 3.36. The molecule has 7 nitrogen and oxygen atoms in total. The minimum atomic E-state index is -1.35. The number of pyridine rings is 1. The van der Waals surface area contributed by atoms with Crippen LogP contribution in [0.4, 0.5) is 0 Å². The number of hydrogen-bond donors (Lipinski definition) is 2. The van der Waals surface area contributed by atoms with Gasteiger partial charge >= 0.3 is 5.97 Å². The quantitative estimate of drug-likeness (QED) is 0.660. The second kappa shape index (κ2) is 8.00. The Bertz CT molecular complexity index is 1180. The summed E-state index contributed by atoms with van der Waals surface area (Å²) >= 11 is 12.1. The molecule has 0 amide bonds. The zero-order valence-electron chi connectivity index (χ0n) is 14.7. The first-order valence-electron chi connectivity index (χ1n) is 8.31. The maximum atomic E-state index is 12.6. The third-order valence-corrected chi connectivity index (χ3v) is 5.04. The largest absolute Gasteiger partial charge is 0.477 e. The summed E-state index contributed by atoms with van der Waals surface area (Å²) in [6, 6.07) is 7.45. The monoisotopic (exact) mass is 419 g/mol. The van der Waals surface area contributed by atoms with E-state index in [2.05, 4.69) is 10.2 Å². The molecule has 1 aromatic carbocycles. The van der Waals surface area contributed by atoms with E-state index in [0.29, 0.717) is 28.4 Å². The van der Waals surface area contributed by atoms with Crippen LogP contribution in [-0.4, -0.2) is 25.8 Å². The molecule has 2 aromatic heterocycles. The van der Waals surface area contributed by atoms with E-state index in [1.54, 1.807) is 16.7 Å². The van der Waals surface area contributed by atoms with Crippen molar-refractivity contribution in [3.05, 3.63) is 84.0 Å².